The van der Waals surface area contributed by atoms with Crippen molar-refractivity contribution in [1.29, 1.82) is 0 Å². The minimum Gasteiger partial charge on any atom is -0.381 e. The lowest BCUT2D eigenvalue weighted by molar-refractivity contribution is 0.0747. The van der Waals surface area contributed by atoms with Crippen molar-refractivity contribution in [3.63, 3.8) is 0 Å². The second-order valence-corrected chi connectivity index (χ2v) is 8.34. The summed E-state index contributed by atoms with van der Waals surface area (Å²) in [6.07, 6.45) is 2.54. The van der Waals surface area contributed by atoms with E-state index < -0.39 is 0 Å². The van der Waals surface area contributed by atoms with Gasteiger partial charge < -0.3 is 20.0 Å². The Labute approximate surface area is 174 Å². The first-order valence-electron chi connectivity index (χ1n) is 10.9. The van der Waals surface area contributed by atoms with E-state index in [1.807, 2.05) is 35.2 Å². The smallest absolute Gasteiger partial charge is 0.253 e. The predicted octanol–water partition coefficient (Wildman–Crippen LogP) is 4.07. The highest BCUT2D eigenvalue weighted by Crippen LogP contribution is 2.34. The molecule has 0 bridgehead atoms. The van der Waals surface area contributed by atoms with Gasteiger partial charge in [0.15, 0.2) is 0 Å². The van der Waals surface area contributed by atoms with Crippen LogP contribution in [-0.2, 0) is 0 Å². The Morgan fingerprint density at radius 3 is 2.21 bits per heavy atom. The maximum absolute atomic E-state index is 12.7. The lowest BCUT2D eigenvalue weighted by Gasteiger charge is -2.37. The minimum atomic E-state index is 0.138. The number of nitrogens with zero attached hydrogens (tertiary/aromatic N) is 3. The fourth-order valence-corrected chi connectivity index (χ4v) is 4.30. The number of carbonyl (C=O) groups is 1. The average molecular weight is 393 g/mol. The summed E-state index contributed by atoms with van der Waals surface area (Å²) in [5, 5.41) is 3.61. The molecular formula is C24H32N4O. The topological polar surface area (TPSA) is 38.8 Å². The molecule has 0 aliphatic carbocycles. The van der Waals surface area contributed by atoms with Crippen LogP contribution in [0.15, 0.2) is 48.5 Å². The van der Waals surface area contributed by atoms with E-state index in [0.29, 0.717) is 6.04 Å². The highest BCUT2D eigenvalue weighted by Gasteiger charge is 2.24. The molecular weight excluding hydrogens is 360 g/mol. The molecule has 2 aliphatic heterocycles. The van der Waals surface area contributed by atoms with E-state index in [1.165, 1.54) is 29.9 Å². The van der Waals surface area contributed by atoms with Gasteiger partial charge in [-0.2, -0.15) is 0 Å². The monoisotopic (exact) mass is 392 g/mol. The molecule has 5 nitrogen and oxygen atoms in total. The summed E-state index contributed by atoms with van der Waals surface area (Å²) < 4.78 is 0. The zero-order valence-corrected chi connectivity index (χ0v) is 17.6. The zero-order valence-electron chi connectivity index (χ0n) is 17.6. The van der Waals surface area contributed by atoms with Crippen LogP contribution in [0.4, 0.5) is 17.1 Å². The third-order valence-corrected chi connectivity index (χ3v) is 5.83. The Bertz CT molecular complexity index is 822. The predicted molar refractivity (Wildman–Crippen MR) is 121 cm³/mol. The summed E-state index contributed by atoms with van der Waals surface area (Å²) in [6.45, 7) is 9.90. The highest BCUT2D eigenvalue weighted by molar-refractivity contribution is 5.94. The fourth-order valence-electron chi connectivity index (χ4n) is 4.30. The molecule has 5 heteroatoms. The Morgan fingerprint density at radius 2 is 1.55 bits per heavy atom. The van der Waals surface area contributed by atoms with Gasteiger partial charge in [0.05, 0.1) is 11.4 Å². The third-order valence-electron chi connectivity index (χ3n) is 5.83. The average Bonchev–Trinajstić information content (AvgIpc) is 3.29. The van der Waals surface area contributed by atoms with Gasteiger partial charge in [0.25, 0.3) is 5.91 Å². The summed E-state index contributed by atoms with van der Waals surface area (Å²) in [6, 6.07) is 16.8. The number of nitrogens with one attached hydrogen (secondary N) is 1. The summed E-state index contributed by atoms with van der Waals surface area (Å²) in [5.74, 6) is 0.138. The van der Waals surface area contributed by atoms with Crippen LogP contribution in [0.5, 0.6) is 0 Å². The van der Waals surface area contributed by atoms with Crippen molar-refractivity contribution in [2.45, 2.75) is 32.7 Å². The van der Waals surface area contributed by atoms with E-state index in [-0.39, 0.29) is 5.91 Å². The first kappa shape index (κ1) is 19.6. The van der Waals surface area contributed by atoms with Gasteiger partial charge in [-0.25, -0.2) is 0 Å². The molecule has 0 atom stereocenters. The Morgan fingerprint density at radius 1 is 0.862 bits per heavy atom. The number of rotatable bonds is 5. The van der Waals surface area contributed by atoms with Crippen LogP contribution in [0.1, 0.15) is 37.0 Å². The molecule has 0 saturated carbocycles. The molecule has 1 amide bonds. The minimum absolute atomic E-state index is 0.138. The lowest BCUT2D eigenvalue weighted by Crippen LogP contribution is -2.48. The van der Waals surface area contributed by atoms with Gasteiger partial charge >= 0.3 is 0 Å². The van der Waals surface area contributed by atoms with Crippen LogP contribution < -0.4 is 15.1 Å². The Hall–Kier alpha value is -2.69. The number of benzene rings is 2. The molecule has 1 N–H and O–H groups in total. The third kappa shape index (κ3) is 4.50. The van der Waals surface area contributed by atoms with Gasteiger partial charge in [-0.1, -0.05) is 18.2 Å². The van der Waals surface area contributed by atoms with Crippen molar-refractivity contribution >= 4 is 23.0 Å². The van der Waals surface area contributed by atoms with Gasteiger partial charge in [0.1, 0.15) is 0 Å². The molecule has 4 rings (SSSR count). The van der Waals surface area contributed by atoms with Gasteiger partial charge in [-0.15, -0.1) is 0 Å². The number of carbonyl (C=O) groups excluding carboxylic acids is 1. The van der Waals surface area contributed by atoms with Crippen LogP contribution in [0.2, 0.25) is 0 Å². The van der Waals surface area contributed by atoms with Gasteiger partial charge in [-0.3, -0.25) is 4.79 Å². The van der Waals surface area contributed by atoms with E-state index in [2.05, 4.69) is 47.2 Å². The van der Waals surface area contributed by atoms with Crippen molar-refractivity contribution in [1.82, 2.24) is 4.90 Å². The van der Waals surface area contributed by atoms with Crippen molar-refractivity contribution in [3.8, 4) is 0 Å². The van der Waals surface area contributed by atoms with Crippen LogP contribution in [0, 0.1) is 0 Å². The molecule has 0 aromatic heterocycles. The summed E-state index contributed by atoms with van der Waals surface area (Å²) in [7, 11) is 0. The molecule has 0 unspecified atom stereocenters. The Kier molecular flexibility index (Phi) is 5.93. The van der Waals surface area contributed by atoms with E-state index in [4.69, 9.17) is 0 Å². The largest absolute Gasteiger partial charge is 0.381 e. The lowest BCUT2D eigenvalue weighted by atomic mass is 10.1. The molecule has 2 aliphatic rings. The van der Waals surface area contributed by atoms with Crippen molar-refractivity contribution in [2.24, 2.45) is 0 Å². The number of hydrogen-bond donors (Lipinski definition) is 1. The van der Waals surface area contributed by atoms with Crippen molar-refractivity contribution in [3.05, 3.63) is 54.1 Å². The molecule has 0 spiro atoms. The first-order chi connectivity index (χ1) is 14.1. The molecule has 2 aromatic rings. The molecule has 2 fully saturated rings. The second kappa shape index (κ2) is 8.76. The van der Waals surface area contributed by atoms with Crippen LogP contribution >= 0.6 is 0 Å². The summed E-state index contributed by atoms with van der Waals surface area (Å²) in [4.78, 5) is 19.6. The Balaban J connectivity index is 1.46. The number of hydrogen-bond acceptors (Lipinski definition) is 4. The van der Waals surface area contributed by atoms with Gasteiger partial charge in [-0.05, 0) is 57.0 Å². The number of anilines is 3. The molecule has 0 radical (unpaired) electrons. The van der Waals surface area contributed by atoms with Crippen molar-refractivity contribution < 1.29 is 4.79 Å². The molecule has 2 saturated heterocycles. The maximum atomic E-state index is 12.7. The summed E-state index contributed by atoms with van der Waals surface area (Å²) in [5.41, 5.74) is 4.58. The van der Waals surface area contributed by atoms with Crippen LogP contribution in [0.25, 0.3) is 0 Å². The van der Waals surface area contributed by atoms with E-state index >= 15 is 0 Å². The van der Waals surface area contributed by atoms with E-state index in [0.717, 1.165) is 44.8 Å². The SMILES string of the molecule is CC(C)Nc1ccc(N2CCN(C(=O)c3ccccc3)CC2)cc1N1CCCC1. The molecule has 2 heterocycles. The number of piperazine rings is 1. The van der Waals surface area contributed by atoms with E-state index in [9.17, 15) is 4.79 Å². The zero-order chi connectivity index (χ0) is 20.2. The molecule has 2 aromatic carbocycles. The molecule has 154 valence electrons. The van der Waals surface area contributed by atoms with Crippen molar-refractivity contribution in [2.75, 3.05) is 54.4 Å². The normalized spacial score (nSPS) is 17.1. The fraction of sp³-hybridized carbons (Fsp3) is 0.458. The standard InChI is InChI=1S/C24H32N4O/c1-19(2)25-22-11-10-21(18-23(22)27-12-6-7-13-27)26-14-16-28(17-15-26)24(29)20-8-4-3-5-9-20/h3-5,8-11,18-19,25H,6-7,12-17H2,1-2H3. The van der Waals surface area contributed by atoms with Gasteiger partial charge in [0.2, 0.25) is 0 Å². The van der Waals surface area contributed by atoms with Gasteiger partial charge in [0, 0.05) is 56.6 Å². The summed E-state index contributed by atoms with van der Waals surface area (Å²) >= 11 is 0. The first-order valence-corrected chi connectivity index (χ1v) is 10.9. The second-order valence-electron chi connectivity index (χ2n) is 8.34. The highest BCUT2D eigenvalue weighted by atomic mass is 16.2. The van der Waals surface area contributed by atoms with Crippen LogP contribution in [-0.4, -0.2) is 56.1 Å². The number of amides is 1. The van der Waals surface area contributed by atoms with Crippen LogP contribution in [0.3, 0.4) is 0 Å². The maximum Gasteiger partial charge on any atom is 0.253 e. The molecule has 29 heavy (non-hydrogen) atoms. The van der Waals surface area contributed by atoms with E-state index in [1.54, 1.807) is 0 Å². The quantitative estimate of drug-likeness (QED) is 0.833.